The Kier molecular flexibility index (Phi) is 8.62. The molecule has 0 atom stereocenters. The molecule has 0 unspecified atom stereocenters. The maximum Gasteiger partial charge on any atom is 0.185 e. The minimum Gasteiger partial charge on any atom is -0.490 e. The molecule has 0 aliphatic heterocycles. The predicted octanol–water partition coefficient (Wildman–Crippen LogP) is 7.66. The number of benzene rings is 5. The van der Waals surface area contributed by atoms with Crippen molar-refractivity contribution in [2.45, 2.75) is 0 Å². The minimum atomic E-state index is -0.0278. The fourth-order valence-corrected chi connectivity index (χ4v) is 4.11. The second-order valence-electron chi connectivity index (χ2n) is 9.28. The number of ether oxygens (including phenoxy) is 3. The number of nitrogen functional groups attached to an aromatic ring is 2. The molecule has 5 aromatic rings. The van der Waals surface area contributed by atoms with Crippen molar-refractivity contribution >= 4 is 23.2 Å². The Labute approximate surface area is 239 Å². The number of anilines is 2. The highest BCUT2D eigenvalue weighted by Crippen LogP contribution is 2.31. The molecule has 0 saturated carbocycles. The summed E-state index contributed by atoms with van der Waals surface area (Å²) in [5.74, 6) is 2.73. The zero-order chi connectivity index (χ0) is 28.4. The molecule has 0 fully saturated rings. The van der Waals surface area contributed by atoms with Gasteiger partial charge in [-0.1, -0.05) is 72.8 Å². The molecule has 6 heteroatoms. The Morgan fingerprint density at radius 2 is 1.20 bits per heavy atom. The topological polar surface area (TPSA) is 96.8 Å². The van der Waals surface area contributed by atoms with E-state index in [9.17, 15) is 4.79 Å². The predicted molar refractivity (Wildman–Crippen MR) is 164 cm³/mol. The van der Waals surface area contributed by atoms with E-state index in [1.165, 1.54) is 0 Å². The molecule has 4 N–H and O–H groups in total. The molecule has 204 valence electrons. The SMILES string of the molecule is Nc1ccc(Oc2ccc(-c3ccc(OCCOc4ccc(C=CC(=O)c5ccccc5)cc4)cc3)cc2)c(N)c1. The maximum absolute atomic E-state index is 12.2. The van der Waals surface area contributed by atoms with Gasteiger partial charge in [-0.05, 0) is 77.4 Å². The summed E-state index contributed by atoms with van der Waals surface area (Å²) in [6.07, 6.45) is 3.37. The number of allylic oxidation sites excluding steroid dienone is 1. The van der Waals surface area contributed by atoms with Crippen molar-refractivity contribution in [3.63, 3.8) is 0 Å². The highest BCUT2D eigenvalue weighted by Gasteiger charge is 2.05. The van der Waals surface area contributed by atoms with E-state index in [0.717, 1.165) is 28.2 Å². The van der Waals surface area contributed by atoms with Crippen LogP contribution in [0.25, 0.3) is 17.2 Å². The largest absolute Gasteiger partial charge is 0.490 e. The summed E-state index contributed by atoms with van der Waals surface area (Å²) in [6.45, 7) is 0.816. The van der Waals surface area contributed by atoms with E-state index in [0.29, 0.717) is 41.7 Å². The normalized spacial score (nSPS) is 10.8. The van der Waals surface area contributed by atoms with E-state index < -0.39 is 0 Å². The molecule has 41 heavy (non-hydrogen) atoms. The van der Waals surface area contributed by atoms with Crippen molar-refractivity contribution in [3.8, 4) is 34.1 Å². The molecule has 5 aromatic carbocycles. The first-order valence-corrected chi connectivity index (χ1v) is 13.2. The molecule has 0 radical (unpaired) electrons. The van der Waals surface area contributed by atoms with Crippen molar-refractivity contribution in [2.24, 2.45) is 0 Å². The second-order valence-corrected chi connectivity index (χ2v) is 9.28. The lowest BCUT2D eigenvalue weighted by molar-refractivity contribution is 0.104. The van der Waals surface area contributed by atoms with Crippen LogP contribution in [0.5, 0.6) is 23.0 Å². The number of carbonyl (C=O) groups excluding carboxylic acids is 1. The molecule has 0 amide bonds. The average molecular weight is 543 g/mol. The second kappa shape index (κ2) is 13.0. The van der Waals surface area contributed by atoms with Gasteiger partial charge in [0, 0.05) is 11.3 Å². The van der Waals surface area contributed by atoms with Crippen LogP contribution < -0.4 is 25.7 Å². The zero-order valence-electron chi connectivity index (χ0n) is 22.4. The highest BCUT2D eigenvalue weighted by molar-refractivity contribution is 6.06. The van der Waals surface area contributed by atoms with Gasteiger partial charge in [-0.25, -0.2) is 0 Å². The monoisotopic (exact) mass is 542 g/mol. The first-order chi connectivity index (χ1) is 20.0. The van der Waals surface area contributed by atoms with Crippen LogP contribution >= 0.6 is 0 Å². The fraction of sp³-hybridized carbons (Fsp3) is 0.0571. The van der Waals surface area contributed by atoms with Gasteiger partial charge in [0.05, 0.1) is 5.69 Å². The number of hydrogen-bond donors (Lipinski definition) is 2. The first-order valence-electron chi connectivity index (χ1n) is 13.2. The van der Waals surface area contributed by atoms with Gasteiger partial charge in [-0.15, -0.1) is 0 Å². The molecule has 0 bridgehead atoms. The van der Waals surface area contributed by atoms with Crippen LogP contribution in [0.15, 0.2) is 127 Å². The number of rotatable bonds is 11. The minimum absolute atomic E-state index is 0.0278. The van der Waals surface area contributed by atoms with Crippen LogP contribution in [0.4, 0.5) is 11.4 Å². The summed E-state index contributed by atoms with van der Waals surface area (Å²) in [7, 11) is 0. The molecule has 0 spiro atoms. The lowest BCUT2D eigenvalue weighted by atomic mass is 10.1. The summed E-state index contributed by atoms with van der Waals surface area (Å²) >= 11 is 0. The Bertz CT molecular complexity index is 1610. The van der Waals surface area contributed by atoms with E-state index in [1.807, 2.05) is 91.0 Å². The van der Waals surface area contributed by atoms with Crippen LogP contribution in [0.2, 0.25) is 0 Å². The van der Waals surface area contributed by atoms with Gasteiger partial charge >= 0.3 is 0 Å². The number of ketones is 1. The molecule has 5 rings (SSSR count). The molecule has 0 aromatic heterocycles. The Morgan fingerprint density at radius 3 is 1.78 bits per heavy atom. The van der Waals surface area contributed by atoms with Crippen LogP contribution in [-0.4, -0.2) is 19.0 Å². The zero-order valence-corrected chi connectivity index (χ0v) is 22.4. The van der Waals surface area contributed by atoms with Gasteiger partial charge in [0.1, 0.15) is 36.2 Å². The fourth-order valence-electron chi connectivity index (χ4n) is 4.11. The van der Waals surface area contributed by atoms with Gasteiger partial charge < -0.3 is 25.7 Å². The van der Waals surface area contributed by atoms with Gasteiger partial charge in [-0.2, -0.15) is 0 Å². The van der Waals surface area contributed by atoms with Gasteiger partial charge in [0.25, 0.3) is 0 Å². The van der Waals surface area contributed by atoms with Gasteiger partial charge in [0.15, 0.2) is 5.78 Å². The lowest BCUT2D eigenvalue weighted by Gasteiger charge is -2.11. The highest BCUT2D eigenvalue weighted by atomic mass is 16.5. The summed E-state index contributed by atoms with van der Waals surface area (Å²) in [5, 5.41) is 0. The maximum atomic E-state index is 12.2. The molecule has 0 aliphatic carbocycles. The van der Waals surface area contributed by atoms with Crippen molar-refractivity contribution < 1.29 is 19.0 Å². The molecular formula is C35H30N2O4. The first kappa shape index (κ1) is 27.1. The van der Waals surface area contributed by atoms with E-state index in [1.54, 1.807) is 42.5 Å². The van der Waals surface area contributed by atoms with Crippen LogP contribution in [-0.2, 0) is 0 Å². The Morgan fingerprint density at radius 1 is 0.634 bits per heavy atom. The summed E-state index contributed by atoms with van der Waals surface area (Å²) in [5.41, 5.74) is 16.5. The van der Waals surface area contributed by atoms with Crippen molar-refractivity contribution in [1.82, 2.24) is 0 Å². The molecule has 0 aliphatic rings. The van der Waals surface area contributed by atoms with E-state index in [4.69, 9.17) is 25.7 Å². The lowest BCUT2D eigenvalue weighted by Crippen LogP contribution is -2.08. The van der Waals surface area contributed by atoms with Crippen LogP contribution in [0, 0.1) is 0 Å². The molecular weight excluding hydrogens is 512 g/mol. The smallest absolute Gasteiger partial charge is 0.185 e. The number of carbonyl (C=O) groups is 1. The van der Waals surface area contributed by atoms with Crippen LogP contribution in [0.1, 0.15) is 15.9 Å². The molecule has 0 saturated heterocycles. The third kappa shape index (κ3) is 7.55. The van der Waals surface area contributed by atoms with Gasteiger partial charge in [0.2, 0.25) is 0 Å². The standard InChI is InChI=1S/C35H30N2O4/c36-29-13-21-35(33(37)24-29)41-32-18-11-27(12-19-32)26-9-16-31(17-10-26)40-23-22-39-30-14-6-25(7-15-30)8-20-34(38)28-4-2-1-3-5-28/h1-21,24H,22-23,36-37H2. The van der Waals surface area contributed by atoms with E-state index in [2.05, 4.69) is 0 Å². The third-order valence-corrected chi connectivity index (χ3v) is 6.29. The quantitative estimate of drug-likeness (QED) is 0.0770. The van der Waals surface area contributed by atoms with E-state index in [-0.39, 0.29) is 5.78 Å². The summed E-state index contributed by atoms with van der Waals surface area (Å²) < 4.78 is 17.5. The van der Waals surface area contributed by atoms with Crippen LogP contribution in [0.3, 0.4) is 0 Å². The summed E-state index contributed by atoms with van der Waals surface area (Å²) in [6, 6.07) is 37.7. The third-order valence-electron chi connectivity index (χ3n) is 6.29. The van der Waals surface area contributed by atoms with Gasteiger partial charge in [-0.3, -0.25) is 4.79 Å². The average Bonchev–Trinajstić information content (AvgIpc) is 3.01. The number of hydrogen-bond acceptors (Lipinski definition) is 6. The molecule has 0 heterocycles. The molecule has 6 nitrogen and oxygen atoms in total. The van der Waals surface area contributed by atoms with Crippen molar-refractivity contribution in [1.29, 1.82) is 0 Å². The van der Waals surface area contributed by atoms with E-state index >= 15 is 0 Å². The Hall–Kier alpha value is -5.49. The van der Waals surface area contributed by atoms with Crippen molar-refractivity contribution in [2.75, 3.05) is 24.7 Å². The summed E-state index contributed by atoms with van der Waals surface area (Å²) in [4.78, 5) is 12.2. The number of nitrogens with two attached hydrogens (primary N) is 2. The van der Waals surface area contributed by atoms with Crippen molar-refractivity contribution in [3.05, 3.63) is 139 Å². The Balaban J connectivity index is 1.06.